The highest BCUT2D eigenvalue weighted by Crippen LogP contribution is 2.03. The summed E-state index contributed by atoms with van der Waals surface area (Å²) < 4.78 is 12.0. The zero-order chi connectivity index (χ0) is 8.15. The van der Waals surface area contributed by atoms with Crippen LogP contribution in [0.15, 0.2) is 29.2 Å². The van der Waals surface area contributed by atoms with Crippen LogP contribution >= 0.6 is 0 Å². The first-order chi connectivity index (χ1) is 4.57. The lowest BCUT2D eigenvalue weighted by Gasteiger charge is -1.90. The van der Waals surface area contributed by atoms with E-state index in [0.29, 0.717) is 0 Å². The van der Waals surface area contributed by atoms with Crippen molar-refractivity contribution >= 4 is 12.5 Å². The zero-order valence-electron chi connectivity index (χ0n) is 5.72. The molecule has 0 aliphatic carbocycles. The Morgan fingerprint density at radius 2 is 2.20 bits per heavy atom. The summed E-state index contributed by atoms with van der Waals surface area (Å²) in [5.41, 5.74) is -0.00694. The van der Waals surface area contributed by atoms with E-state index in [9.17, 15) is 9.18 Å². The first-order valence-electron chi connectivity index (χ1n) is 2.61. The maximum absolute atomic E-state index is 12.0. The van der Waals surface area contributed by atoms with E-state index in [1.54, 1.807) is 0 Å². The van der Waals surface area contributed by atoms with Gasteiger partial charge in [-0.2, -0.15) is 0 Å². The third-order valence-electron chi connectivity index (χ3n) is 0.824. The SMILES string of the molecule is C=N/C(=C\C(=C)F)C(C)=O. The van der Waals surface area contributed by atoms with Crippen molar-refractivity contribution < 1.29 is 9.18 Å². The molecule has 10 heavy (non-hydrogen) atoms. The van der Waals surface area contributed by atoms with Crippen LogP contribution in [-0.2, 0) is 4.79 Å². The number of ketones is 1. The smallest absolute Gasteiger partial charge is 0.178 e. The Morgan fingerprint density at radius 1 is 1.70 bits per heavy atom. The van der Waals surface area contributed by atoms with Gasteiger partial charge in [-0.05, 0) is 6.72 Å². The van der Waals surface area contributed by atoms with E-state index in [0.717, 1.165) is 6.08 Å². The summed E-state index contributed by atoms with van der Waals surface area (Å²) >= 11 is 0. The van der Waals surface area contributed by atoms with Crippen molar-refractivity contribution in [3.05, 3.63) is 24.2 Å². The van der Waals surface area contributed by atoms with Crippen LogP contribution < -0.4 is 0 Å². The molecule has 0 amide bonds. The molecule has 0 unspecified atom stereocenters. The summed E-state index contributed by atoms with van der Waals surface area (Å²) in [6, 6.07) is 0. The molecule has 0 spiro atoms. The van der Waals surface area contributed by atoms with Gasteiger partial charge in [-0.15, -0.1) is 0 Å². The Kier molecular flexibility index (Phi) is 3.25. The largest absolute Gasteiger partial charge is 0.293 e. The van der Waals surface area contributed by atoms with Gasteiger partial charge in [0.15, 0.2) is 5.78 Å². The van der Waals surface area contributed by atoms with Crippen LogP contribution in [0.3, 0.4) is 0 Å². The van der Waals surface area contributed by atoms with E-state index in [1.165, 1.54) is 6.92 Å². The van der Waals surface area contributed by atoms with E-state index in [2.05, 4.69) is 18.3 Å². The molecule has 0 atom stereocenters. The Hall–Kier alpha value is -1.25. The molecule has 0 saturated carbocycles. The van der Waals surface area contributed by atoms with Crippen LogP contribution in [-0.4, -0.2) is 12.5 Å². The molecule has 0 N–H and O–H groups in total. The van der Waals surface area contributed by atoms with Crippen LogP contribution in [0.4, 0.5) is 4.39 Å². The van der Waals surface area contributed by atoms with Gasteiger partial charge in [0.2, 0.25) is 0 Å². The summed E-state index contributed by atoms with van der Waals surface area (Å²) in [6.07, 6.45) is 0.940. The summed E-state index contributed by atoms with van der Waals surface area (Å²) in [7, 11) is 0. The topological polar surface area (TPSA) is 29.4 Å². The van der Waals surface area contributed by atoms with Gasteiger partial charge < -0.3 is 0 Å². The molecule has 3 heteroatoms. The van der Waals surface area contributed by atoms with Crippen molar-refractivity contribution in [1.29, 1.82) is 0 Å². The van der Waals surface area contributed by atoms with Gasteiger partial charge in [-0.25, -0.2) is 4.39 Å². The van der Waals surface area contributed by atoms with Gasteiger partial charge in [0.25, 0.3) is 0 Å². The fourth-order valence-corrected chi connectivity index (χ4v) is 0.407. The molecule has 0 bridgehead atoms. The van der Waals surface area contributed by atoms with Crippen LogP contribution in [0.25, 0.3) is 0 Å². The van der Waals surface area contributed by atoms with Crippen LogP contribution in [0, 0.1) is 0 Å². The highest BCUT2D eigenvalue weighted by Gasteiger charge is 1.99. The van der Waals surface area contributed by atoms with E-state index in [-0.39, 0.29) is 11.5 Å². The fourth-order valence-electron chi connectivity index (χ4n) is 0.407. The Labute approximate surface area is 58.8 Å². The molecule has 0 aromatic heterocycles. The van der Waals surface area contributed by atoms with Gasteiger partial charge in [-0.1, -0.05) is 6.58 Å². The molecule has 0 aromatic carbocycles. The van der Waals surface area contributed by atoms with Crippen molar-refractivity contribution in [2.75, 3.05) is 0 Å². The second kappa shape index (κ2) is 3.71. The minimum absolute atomic E-state index is 0.00694. The molecular weight excluding hydrogens is 133 g/mol. The second-order valence-corrected chi connectivity index (χ2v) is 1.69. The molecule has 0 aromatic rings. The number of aliphatic imine (C=N–C) groups is 1. The van der Waals surface area contributed by atoms with E-state index >= 15 is 0 Å². The van der Waals surface area contributed by atoms with Gasteiger partial charge in [0.05, 0.1) is 0 Å². The standard InChI is InChI=1S/C7H8FNO/c1-5(8)4-7(9-3)6(2)10/h4H,1,3H2,2H3/b7-4-. The molecule has 0 fully saturated rings. The minimum atomic E-state index is -0.697. The van der Waals surface area contributed by atoms with Crippen LogP contribution in [0.5, 0.6) is 0 Å². The van der Waals surface area contributed by atoms with Gasteiger partial charge >= 0.3 is 0 Å². The monoisotopic (exact) mass is 141 g/mol. The van der Waals surface area contributed by atoms with Crippen molar-refractivity contribution in [3.8, 4) is 0 Å². The third kappa shape index (κ3) is 2.91. The number of carbonyl (C=O) groups is 1. The van der Waals surface area contributed by atoms with E-state index < -0.39 is 5.83 Å². The Balaban J connectivity index is 4.49. The number of allylic oxidation sites excluding steroid dienone is 3. The van der Waals surface area contributed by atoms with Crippen LogP contribution in [0.1, 0.15) is 6.92 Å². The normalized spacial score (nSPS) is 10.8. The summed E-state index contributed by atoms with van der Waals surface area (Å²) in [5, 5.41) is 0. The maximum Gasteiger partial charge on any atom is 0.178 e. The fraction of sp³-hybridized carbons (Fsp3) is 0.143. The molecule has 0 heterocycles. The molecular formula is C7H8FNO. The lowest BCUT2D eigenvalue weighted by molar-refractivity contribution is -0.113. The third-order valence-corrected chi connectivity index (χ3v) is 0.824. The summed E-state index contributed by atoms with van der Waals surface area (Å²) in [4.78, 5) is 13.8. The van der Waals surface area contributed by atoms with Gasteiger partial charge in [0, 0.05) is 13.0 Å². The average molecular weight is 141 g/mol. The molecule has 0 rings (SSSR count). The number of carbonyl (C=O) groups excluding carboxylic acids is 1. The van der Waals surface area contributed by atoms with Crippen molar-refractivity contribution in [3.63, 3.8) is 0 Å². The predicted molar refractivity (Wildman–Crippen MR) is 38.6 cm³/mol. The summed E-state index contributed by atoms with van der Waals surface area (Å²) in [6.45, 7) is 7.31. The van der Waals surface area contributed by atoms with Crippen molar-refractivity contribution in [2.45, 2.75) is 6.92 Å². The highest BCUT2D eigenvalue weighted by atomic mass is 19.1. The van der Waals surface area contributed by atoms with Gasteiger partial charge in [-0.3, -0.25) is 9.79 Å². The predicted octanol–water partition coefficient (Wildman–Crippen LogP) is 1.64. The average Bonchev–Trinajstić information content (AvgIpc) is 1.81. The number of halogens is 1. The molecule has 0 aliphatic heterocycles. The van der Waals surface area contributed by atoms with Crippen molar-refractivity contribution in [1.82, 2.24) is 0 Å². The second-order valence-electron chi connectivity index (χ2n) is 1.69. The van der Waals surface area contributed by atoms with Crippen LogP contribution in [0.2, 0.25) is 0 Å². The molecule has 0 radical (unpaired) electrons. The summed E-state index contributed by atoms with van der Waals surface area (Å²) in [5.74, 6) is -1.02. The molecule has 2 nitrogen and oxygen atoms in total. The number of nitrogens with zero attached hydrogens (tertiary/aromatic N) is 1. The molecule has 0 aliphatic rings. The van der Waals surface area contributed by atoms with E-state index in [1.807, 2.05) is 0 Å². The number of hydrogen-bond donors (Lipinski definition) is 0. The molecule has 0 saturated heterocycles. The first kappa shape index (κ1) is 8.75. The zero-order valence-corrected chi connectivity index (χ0v) is 5.72. The number of rotatable bonds is 3. The highest BCUT2D eigenvalue weighted by molar-refractivity contribution is 5.93. The lowest BCUT2D eigenvalue weighted by Crippen LogP contribution is -1.92. The number of hydrogen-bond acceptors (Lipinski definition) is 2. The molecule has 54 valence electrons. The Morgan fingerprint density at radius 3 is 2.30 bits per heavy atom. The van der Waals surface area contributed by atoms with E-state index in [4.69, 9.17) is 0 Å². The maximum atomic E-state index is 12.0. The van der Waals surface area contributed by atoms with Crippen molar-refractivity contribution in [2.24, 2.45) is 4.99 Å². The quantitative estimate of drug-likeness (QED) is 0.334. The lowest BCUT2D eigenvalue weighted by atomic mass is 10.3. The van der Waals surface area contributed by atoms with Gasteiger partial charge in [0.1, 0.15) is 11.5 Å². The minimum Gasteiger partial charge on any atom is -0.293 e. The number of Topliss-reactive ketones (excluding diaryl/α,β-unsaturated/α-hetero) is 1. The Bertz CT molecular complexity index is 206. The first-order valence-corrected chi connectivity index (χ1v) is 2.61.